The lowest BCUT2D eigenvalue weighted by atomic mass is 9.93. The second kappa shape index (κ2) is 11.4. The van der Waals surface area contributed by atoms with E-state index in [2.05, 4.69) is 16.0 Å². The molecule has 0 unspecified atom stereocenters. The number of hydrogen-bond acceptors (Lipinski definition) is 5. The zero-order valence-electron chi connectivity index (χ0n) is 19.6. The highest BCUT2D eigenvalue weighted by Gasteiger charge is 2.38. The molecule has 14 heteroatoms. The van der Waals surface area contributed by atoms with E-state index in [4.69, 9.17) is 11.6 Å². The van der Waals surface area contributed by atoms with Crippen LogP contribution in [0.1, 0.15) is 55.8 Å². The molecule has 2 aliphatic rings. The molecule has 3 rings (SSSR count). The molecule has 1 saturated heterocycles. The third kappa shape index (κ3) is 8.14. The van der Waals surface area contributed by atoms with Crippen LogP contribution in [-0.2, 0) is 19.2 Å². The van der Waals surface area contributed by atoms with Gasteiger partial charge in [-0.1, -0.05) is 11.6 Å². The van der Waals surface area contributed by atoms with E-state index in [1.54, 1.807) is 6.92 Å². The number of hydrogen-bond donors (Lipinski definition) is 4. The number of alkyl halides is 3. The summed E-state index contributed by atoms with van der Waals surface area (Å²) >= 11 is 5.84. The maximum Gasteiger partial charge on any atom is 0.389 e. The lowest BCUT2D eigenvalue weighted by Gasteiger charge is -2.21. The number of benzene rings is 1. The summed E-state index contributed by atoms with van der Waals surface area (Å²) in [5.74, 6) is -6.58. The summed E-state index contributed by atoms with van der Waals surface area (Å²) in [6.07, 6.45) is -5.62. The summed E-state index contributed by atoms with van der Waals surface area (Å²) in [6, 6.07) is -0.139. The van der Waals surface area contributed by atoms with Crippen molar-refractivity contribution >= 4 is 46.7 Å². The van der Waals surface area contributed by atoms with Gasteiger partial charge >= 0.3 is 6.18 Å². The van der Waals surface area contributed by atoms with E-state index >= 15 is 0 Å². The fourth-order valence-electron chi connectivity index (χ4n) is 3.89. The predicted molar refractivity (Wildman–Crippen MR) is 123 cm³/mol. The Morgan fingerprint density at radius 2 is 1.86 bits per heavy atom. The van der Waals surface area contributed by atoms with Gasteiger partial charge in [-0.3, -0.25) is 24.0 Å². The predicted octanol–water partition coefficient (Wildman–Crippen LogP) is 2.62. The van der Waals surface area contributed by atoms with Crippen molar-refractivity contribution in [3.05, 3.63) is 28.5 Å². The van der Waals surface area contributed by atoms with Crippen LogP contribution in [0, 0.1) is 11.7 Å². The van der Waals surface area contributed by atoms with Gasteiger partial charge in [-0.15, -0.1) is 0 Å². The third-order valence-electron chi connectivity index (χ3n) is 5.88. The fourth-order valence-corrected chi connectivity index (χ4v) is 4.09. The minimum absolute atomic E-state index is 0.164. The fraction of sp³-hybridized carbons (Fsp3) is 0.522. The summed E-state index contributed by atoms with van der Waals surface area (Å²) in [7, 11) is 0. The molecule has 1 heterocycles. The molecule has 1 saturated carbocycles. The molecule has 202 valence electrons. The molecule has 0 aromatic heterocycles. The van der Waals surface area contributed by atoms with E-state index < -0.39 is 71.6 Å². The quantitative estimate of drug-likeness (QED) is 0.263. The van der Waals surface area contributed by atoms with Gasteiger partial charge < -0.3 is 21.3 Å². The Bertz CT molecular complexity index is 1110. The van der Waals surface area contributed by atoms with Crippen LogP contribution < -0.4 is 21.3 Å². The van der Waals surface area contributed by atoms with Crippen LogP contribution in [0.2, 0.25) is 5.02 Å². The van der Waals surface area contributed by atoms with Crippen molar-refractivity contribution in [3.8, 4) is 0 Å². The van der Waals surface area contributed by atoms with Crippen molar-refractivity contribution in [1.29, 1.82) is 0 Å². The highest BCUT2D eigenvalue weighted by Crippen LogP contribution is 2.28. The largest absolute Gasteiger partial charge is 0.389 e. The first-order valence-electron chi connectivity index (χ1n) is 11.5. The van der Waals surface area contributed by atoms with Crippen LogP contribution in [0.15, 0.2) is 12.1 Å². The highest BCUT2D eigenvalue weighted by molar-refractivity contribution is 6.38. The van der Waals surface area contributed by atoms with Gasteiger partial charge in [-0.2, -0.15) is 13.2 Å². The number of anilines is 1. The second-order valence-electron chi connectivity index (χ2n) is 9.19. The molecule has 3 atom stereocenters. The average Bonchev–Trinajstić information content (AvgIpc) is 3.54. The number of amides is 4. The normalized spacial score (nSPS) is 20.1. The molecule has 2 fully saturated rings. The number of rotatable bonds is 10. The first kappa shape index (κ1) is 28.4. The number of nitrogens with one attached hydrogen (secondary N) is 4. The maximum absolute atomic E-state index is 14.6. The van der Waals surface area contributed by atoms with E-state index in [9.17, 15) is 41.5 Å². The molecule has 4 N–H and O–H groups in total. The van der Waals surface area contributed by atoms with E-state index in [-0.39, 0.29) is 29.4 Å². The molecule has 1 aliphatic heterocycles. The van der Waals surface area contributed by atoms with Gasteiger partial charge in [0.25, 0.3) is 11.8 Å². The zero-order valence-corrected chi connectivity index (χ0v) is 20.4. The third-order valence-corrected chi connectivity index (χ3v) is 6.09. The smallest absolute Gasteiger partial charge is 0.353 e. The monoisotopic (exact) mass is 548 g/mol. The number of carbonyl (C=O) groups is 5. The molecule has 1 aromatic rings. The van der Waals surface area contributed by atoms with E-state index in [1.165, 1.54) is 0 Å². The summed E-state index contributed by atoms with van der Waals surface area (Å²) < 4.78 is 52.0. The number of ketones is 1. The first-order chi connectivity index (χ1) is 17.2. The van der Waals surface area contributed by atoms with Gasteiger partial charge in [-0.05, 0) is 44.7 Å². The minimum atomic E-state index is -4.63. The van der Waals surface area contributed by atoms with Gasteiger partial charge in [0.1, 0.15) is 5.82 Å². The molecule has 9 nitrogen and oxygen atoms in total. The van der Waals surface area contributed by atoms with Crippen LogP contribution in [0.3, 0.4) is 0 Å². The molecule has 0 radical (unpaired) electrons. The SMILES string of the molecule is C[C@@H]1C[C@@H](C[C@H](NC(=O)c2cc(Cl)cc(F)c2NC(=O)CCC(F)(F)F)C(=O)C(=O)NC2CC2)C(=O)N1. The van der Waals surface area contributed by atoms with Crippen LogP contribution >= 0.6 is 11.6 Å². The van der Waals surface area contributed by atoms with Crippen molar-refractivity contribution in [2.45, 2.75) is 69.8 Å². The topological polar surface area (TPSA) is 133 Å². The van der Waals surface area contributed by atoms with Crippen molar-refractivity contribution in [2.75, 3.05) is 5.32 Å². The van der Waals surface area contributed by atoms with E-state index in [0.717, 1.165) is 12.1 Å². The maximum atomic E-state index is 14.6. The van der Waals surface area contributed by atoms with Gasteiger partial charge in [0, 0.05) is 29.4 Å². The molecule has 0 spiro atoms. The van der Waals surface area contributed by atoms with Crippen LogP contribution in [0.25, 0.3) is 0 Å². The lowest BCUT2D eigenvalue weighted by molar-refractivity contribution is -0.142. The van der Waals surface area contributed by atoms with Crippen molar-refractivity contribution in [3.63, 3.8) is 0 Å². The second-order valence-corrected chi connectivity index (χ2v) is 9.63. The van der Waals surface area contributed by atoms with Gasteiger partial charge in [0.2, 0.25) is 17.6 Å². The lowest BCUT2D eigenvalue weighted by Crippen LogP contribution is -2.49. The van der Waals surface area contributed by atoms with Crippen LogP contribution in [0.4, 0.5) is 23.2 Å². The Balaban J connectivity index is 1.83. The molecule has 1 aliphatic carbocycles. The zero-order chi connectivity index (χ0) is 27.5. The van der Waals surface area contributed by atoms with Crippen molar-refractivity contribution in [1.82, 2.24) is 16.0 Å². The molecular formula is C23H25ClF4N4O5. The first-order valence-corrected chi connectivity index (χ1v) is 11.9. The summed E-state index contributed by atoms with van der Waals surface area (Å²) in [4.78, 5) is 62.6. The van der Waals surface area contributed by atoms with Crippen LogP contribution in [-0.4, -0.2) is 53.7 Å². The minimum Gasteiger partial charge on any atom is -0.353 e. The molecule has 4 amide bonds. The molecule has 37 heavy (non-hydrogen) atoms. The Kier molecular flexibility index (Phi) is 8.77. The summed E-state index contributed by atoms with van der Waals surface area (Å²) in [6.45, 7) is 1.75. The van der Waals surface area contributed by atoms with E-state index in [1.807, 2.05) is 5.32 Å². The van der Waals surface area contributed by atoms with Gasteiger partial charge in [-0.25, -0.2) is 4.39 Å². The van der Waals surface area contributed by atoms with Crippen LogP contribution in [0.5, 0.6) is 0 Å². The Labute approximate surface area is 214 Å². The standard InChI is InChI=1S/C23H25ClF4N4O5/c1-10-6-11(20(35)29-10)7-16(19(34)22(37)30-13-2-3-13)31-21(36)14-8-12(24)9-15(25)18(14)32-17(33)4-5-23(26,27)28/h8-11,13,16H,2-7H2,1H3,(H,29,35)(H,30,37)(H,31,36)(H,32,33)/t10-,11+,16+/m1/s1. The molecular weight excluding hydrogens is 524 g/mol. The van der Waals surface area contributed by atoms with Crippen molar-refractivity contribution < 1.29 is 41.5 Å². The number of halogens is 5. The molecule has 0 bridgehead atoms. The highest BCUT2D eigenvalue weighted by atomic mass is 35.5. The Morgan fingerprint density at radius 3 is 2.43 bits per heavy atom. The van der Waals surface area contributed by atoms with Crippen molar-refractivity contribution in [2.24, 2.45) is 5.92 Å². The summed E-state index contributed by atoms with van der Waals surface area (Å²) in [5.41, 5.74) is -1.31. The van der Waals surface area contributed by atoms with Gasteiger partial charge in [0.15, 0.2) is 0 Å². The van der Waals surface area contributed by atoms with E-state index in [0.29, 0.717) is 19.3 Å². The van der Waals surface area contributed by atoms with Gasteiger partial charge in [0.05, 0.1) is 23.7 Å². The summed E-state index contributed by atoms with van der Waals surface area (Å²) in [5, 5.41) is 9.16. The molecule has 1 aromatic carbocycles. The average molecular weight is 549 g/mol. The Hall–Kier alpha value is -3.22. The number of Topliss-reactive ketones (excluding diaryl/α,β-unsaturated/α-hetero) is 1. The Morgan fingerprint density at radius 1 is 1.19 bits per heavy atom. The number of carbonyl (C=O) groups excluding carboxylic acids is 5.